The van der Waals surface area contributed by atoms with Crippen LogP contribution >= 0.6 is 0 Å². The lowest BCUT2D eigenvalue weighted by molar-refractivity contribution is -0.0515. The Morgan fingerprint density at radius 1 is 1.17 bits per heavy atom. The monoisotopic (exact) mass is 333 g/mol. The number of para-hydroxylation sites is 2. The van der Waals surface area contributed by atoms with Gasteiger partial charge in [-0.3, -0.25) is 0 Å². The highest BCUT2D eigenvalue weighted by Gasteiger charge is 2.30. The fourth-order valence-corrected chi connectivity index (χ4v) is 3.84. The number of ether oxygens (including phenoxy) is 3. The lowest BCUT2D eigenvalue weighted by Gasteiger charge is -2.34. The largest absolute Gasteiger partial charge is 0.490 e. The lowest BCUT2D eigenvalue weighted by Crippen LogP contribution is -2.48. The van der Waals surface area contributed by atoms with Crippen molar-refractivity contribution in [3.8, 4) is 11.5 Å². The van der Waals surface area contributed by atoms with Gasteiger partial charge in [-0.2, -0.15) is 0 Å². The van der Waals surface area contributed by atoms with Gasteiger partial charge in [0.25, 0.3) is 0 Å². The molecular formula is C20H31NO3. The quantitative estimate of drug-likeness (QED) is 0.824. The Labute approximate surface area is 145 Å². The average Bonchev–Trinajstić information content (AvgIpc) is 2.64. The topological polar surface area (TPSA) is 39.7 Å². The molecule has 0 bridgehead atoms. The molecule has 1 saturated heterocycles. The molecule has 0 radical (unpaired) electrons. The zero-order valence-corrected chi connectivity index (χ0v) is 14.8. The SMILES string of the molecule is CCOc1ccccc1O[C@@H](CC1CCCCC1)C1CNCCO1. The van der Waals surface area contributed by atoms with Gasteiger partial charge in [0.05, 0.1) is 13.2 Å². The maximum atomic E-state index is 6.45. The van der Waals surface area contributed by atoms with Crippen LogP contribution in [0.1, 0.15) is 45.4 Å². The van der Waals surface area contributed by atoms with Crippen LogP contribution in [0.4, 0.5) is 0 Å². The van der Waals surface area contributed by atoms with E-state index in [1.54, 1.807) is 0 Å². The van der Waals surface area contributed by atoms with E-state index < -0.39 is 0 Å². The van der Waals surface area contributed by atoms with Crippen LogP contribution < -0.4 is 14.8 Å². The summed E-state index contributed by atoms with van der Waals surface area (Å²) in [7, 11) is 0. The molecule has 1 N–H and O–H groups in total. The van der Waals surface area contributed by atoms with E-state index in [0.717, 1.165) is 43.5 Å². The van der Waals surface area contributed by atoms with Crippen LogP contribution in [0.25, 0.3) is 0 Å². The Morgan fingerprint density at radius 3 is 2.67 bits per heavy atom. The van der Waals surface area contributed by atoms with Gasteiger partial charge in [-0.05, 0) is 31.4 Å². The van der Waals surface area contributed by atoms with Crippen LogP contribution in [-0.2, 0) is 4.74 Å². The molecule has 1 heterocycles. The fourth-order valence-electron chi connectivity index (χ4n) is 3.84. The van der Waals surface area contributed by atoms with E-state index in [0.29, 0.717) is 6.61 Å². The maximum Gasteiger partial charge on any atom is 0.161 e. The highest BCUT2D eigenvalue weighted by molar-refractivity contribution is 5.39. The minimum absolute atomic E-state index is 0.0857. The van der Waals surface area contributed by atoms with Gasteiger partial charge in [0.15, 0.2) is 11.5 Å². The van der Waals surface area contributed by atoms with Crippen LogP contribution in [0.5, 0.6) is 11.5 Å². The van der Waals surface area contributed by atoms with Gasteiger partial charge in [-0.15, -0.1) is 0 Å². The zero-order valence-electron chi connectivity index (χ0n) is 14.8. The Hall–Kier alpha value is -1.26. The summed E-state index contributed by atoms with van der Waals surface area (Å²) in [4.78, 5) is 0. The molecule has 4 nitrogen and oxygen atoms in total. The molecular weight excluding hydrogens is 302 g/mol. The minimum atomic E-state index is 0.0857. The third-order valence-electron chi connectivity index (χ3n) is 5.09. The molecule has 4 heteroatoms. The molecule has 134 valence electrons. The Bertz CT molecular complexity index is 482. The van der Waals surface area contributed by atoms with E-state index in [2.05, 4.69) is 5.32 Å². The predicted octanol–water partition coefficient (Wildman–Crippen LogP) is 3.79. The molecule has 24 heavy (non-hydrogen) atoms. The van der Waals surface area contributed by atoms with Gasteiger partial charge in [-0.25, -0.2) is 0 Å². The van der Waals surface area contributed by atoms with Crippen molar-refractivity contribution in [2.45, 2.75) is 57.7 Å². The lowest BCUT2D eigenvalue weighted by atomic mass is 9.84. The van der Waals surface area contributed by atoms with Gasteiger partial charge in [0.2, 0.25) is 0 Å². The second-order valence-electron chi connectivity index (χ2n) is 6.89. The van der Waals surface area contributed by atoms with Crippen LogP contribution in [0.2, 0.25) is 0 Å². The Kier molecular flexibility index (Phi) is 6.79. The van der Waals surface area contributed by atoms with E-state index in [4.69, 9.17) is 14.2 Å². The van der Waals surface area contributed by atoms with Crippen molar-refractivity contribution in [2.75, 3.05) is 26.3 Å². The second kappa shape index (κ2) is 9.28. The molecule has 2 fully saturated rings. The Morgan fingerprint density at radius 2 is 1.96 bits per heavy atom. The van der Waals surface area contributed by atoms with Crippen molar-refractivity contribution in [3.05, 3.63) is 24.3 Å². The number of hydrogen-bond acceptors (Lipinski definition) is 4. The first kappa shape index (κ1) is 17.6. The molecule has 1 aromatic carbocycles. The molecule has 2 aliphatic rings. The molecule has 1 unspecified atom stereocenters. The highest BCUT2D eigenvalue weighted by Crippen LogP contribution is 2.33. The summed E-state index contributed by atoms with van der Waals surface area (Å²) in [5.74, 6) is 2.43. The van der Waals surface area contributed by atoms with Crippen molar-refractivity contribution >= 4 is 0 Å². The summed E-state index contributed by atoms with van der Waals surface area (Å²) >= 11 is 0. The van der Waals surface area contributed by atoms with Crippen molar-refractivity contribution in [2.24, 2.45) is 5.92 Å². The van der Waals surface area contributed by atoms with Crippen molar-refractivity contribution in [1.82, 2.24) is 5.32 Å². The number of hydrogen-bond donors (Lipinski definition) is 1. The first-order valence-corrected chi connectivity index (χ1v) is 9.57. The van der Waals surface area contributed by atoms with E-state index in [9.17, 15) is 0 Å². The molecule has 2 atom stereocenters. The first-order chi connectivity index (χ1) is 11.9. The number of benzene rings is 1. The summed E-state index contributed by atoms with van der Waals surface area (Å²) in [5.41, 5.74) is 0. The van der Waals surface area contributed by atoms with E-state index in [-0.39, 0.29) is 12.2 Å². The summed E-state index contributed by atoms with van der Waals surface area (Å²) in [5, 5.41) is 3.44. The van der Waals surface area contributed by atoms with Gasteiger partial charge < -0.3 is 19.5 Å². The average molecular weight is 333 g/mol. The smallest absolute Gasteiger partial charge is 0.161 e. The van der Waals surface area contributed by atoms with Gasteiger partial charge >= 0.3 is 0 Å². The van der Waals surface area contributed by atoms with Crippen LogP contribution in [0.15, 0.2) is 24.3 Å². The van der Waals surface area contributed by atoms with E-state index >= 15 is 0 Å². The molecule has 1 aliphatic carbocycles. The predicted molar refractivity (Wildman–Crippen MR) is 95.8 cm³/mol. The summed E-state index contributed by atoms with van der Waals surface area (Å²) in [6.45, 7) is 5.22. The van der Waals surface area contributed by atoms with Crippen LogP contribution in [-0.4, -0.2) is 38.5 Å². The summed E-state index contributed by atoms with van der Waals surface area (Å²) in [6, 6.07) is 7.99. The summed E-state index contributed by atoms with van der Waals surface area (Å²) < 4.78 is 18.2. The summed E-state index contributed by atoms with van der Waals surface area (Å²) in [6.07, 6.45) is 8.04. The number of rotatable bonds is 7. The van der Waals surface area contributed by atoms with Gasteiger partial charge in [0.1, 0.15) is 12.2 Å². The number of morpholine rings is 1. The molecule has 1 saturated carbocycles. The Balaban J connectivity index is 1.70. The van der Waals surface area contributed by atoms with Gasteiger partial charge in [-0.1, -0.05) is 44.2 Å². The molecule has 0 aromatic heterocycles. The fraction of sp³-hybridized carbons (Fsp3) is 0.700. The van der Waals surface area contributed by atoms with Crippen molar-refractivity contribution in [3.63, 3.8) is 0 Å². The van der Waals surface area contributed by atoms with E-state index in [1.807, 2.05) is 31.2 Å². The third-order valence-corrected chi connectivity index (χ3v) is 5.09. The zero-order chi connectivity index (χ0) is 16.6. The molecule has 0 spiro atoms. The molecule has 0 amide bonds. The second-order valence-corrected chi connectivity index (χ2v) is 6.89. The van der Waals surface area contributed by atoms with Crippen molar-refractivity contribution < 1.29 is 14.2 Å². The molecule has 3 rings (SSSR count). The molecule has 1 aliphatic heterocycles. The van der Waals surface area contributed by atoms with Crippen molar-refractivity contribution in [1.29, 1.82) is 0 Å². The first-order valence-electron chi connectivity index (χ1n) is 9.57. The third kappa shape index (κ3) is 4.87. The molecule has 1 aromatic rings. The van der Waals surface area contributed by atoms with Crippen LogP contribution in [0.3, 0.4) is 0 Å². The normalized spacial score (nSPS) is 23.6. The maximum absolute atomic E-state index is 6.45. The highest BCUT2D eigenvalue weighted by atomic mass is 16.6. The standard InChI is InChI=1S/C20H31NO3/c1-2-22-17-10-6-7-11-18(17)24-19(20-15-21-12-13-23-20)14-16-8-4-3-5-9-16/h6-7,10-11,16,19-21H,2-5,8-9,12-15H2,1H3/t19-,20?/m0/s1. The minimum Gasteiger partial charge on any atom is -0.490 e. The van der Waals surface area contributed by atoms with E-state index in [1.165, 1.54) is 32.1 Å². The van der Waals surface area contributed by atoms with Gasteiger partial charge in [0, 0.05) is 13.1 Å². The number of nitrogens with one attached hydrogen (secondary N) is 1. The van der Waals surface area contributed by atoms with Crippen LogP contribution in [0, 0.1) is 5.92 Å².